The molecule has 1 heterocycles. The molecule has 0 aliphatic carbocycles. The van der Waals surface area contributed by atoms with Crippen LogP contribution < -0.4 is 5.73 Å². The van der Waals surface area contributed by atoms with E-state index in [1.807, 2.05) is 10.9 Å². The van der Waals surface area contributed by atoms with Crippen molar-refractivity contribution in [2.75, 3.05) is 0 Å². The summed E-state index contributed by atoms with van der Waals surface area (Å²) in [5.41, 5.74) is 11.8. The normalized spacial score (nSPS) is 13.6. The summed E-state index contributed by atoms with van der Waals surface area (Å²) in [5, 5.41) is 2.02. The number of rotatable bonds is 3. The molecule has 2 N–H and O–H groups in total. The molecular weight excluding hydrogens is 240 g/mol. The zero-order valence-electron chi connectivity index (χ0n) is 11.2. The number of aromatic nitrogens is 1. The van der Waals surface area contributed by atoms with Gasteiger partial charge in [0, 0.05) is 5.38 Å². The van der Waals surface area contributed by atoms with Crippen LogP contribution in [-0.4, -0.2) is 4.98 Å². The third-order valence-corrected chi connectivity index (χ3v) is 3.71. The van der Waals surface area contributed by atoms with Gasteiger partial charge in [0.1, 0.15) is 0 Å². The topological polar surface area (TPSA) is 38.9 Å². The molecular formula is C15H20N2S. The first-order valence-electron chi connectivity index (χ1n) is 6.20. The van der Waals surface area contributed by atoms with Gasteiger partial charge in [-0.25, -0.2) is 4.98 Å². The third-order valence-electron chi connectivity index (χ3n) is 3.11. The van der Waals surface area contributed by atoms with E-state index in [0.717, 1.165) is 12.1 Å². The van der Waals surface area contributed by atoms with E-state index in [0.29, 0.717) is 0 Å². The number of thiazole rings is 1. The van der Waals surface area contributed by atoms with Crippen molar-refractivity contribution in [2.24, 2.45) is 5.73 Å². The number of hydrogen-bond donors (Lipinski definition) is 1. The monoisotopic (exact) mass is 260 g/mol. The van der Waals surface area contributed by atoms with Gasteiger partial charge >= 0.3 is 0 Å². The maximum atomic E-state index is 6.14. The maximum absolute atomic E-state index is 6.14. The number of hydrogen-bond acceptors (Lipinski definition) is 3. The molecule has 0 amide bonds. The van der Waals surface area contributed by atoms with Crippen LogP contribution in [0.25, 0.3) is 0 Å². The lowest BCUT2D eigenvalue weighted by Gasteiger charge is -2.19. The molecule has 1 atom stereocenters. The Bertz CT molecular complexity index is 480. The molecule has 1 aromatic carbocycles. The minimum Gasteiger partial charge on any atom is -0.322 e. The fourth-order valence-electron chi connectivity index (χ4n) is 1.90. The molecule has 2 rings (SSSR count). The van der Waals surface area contributed by atoms with Crippen LogP contribution in [0.2, 0.25) is 0 Å². The summed E-state index contributed by atoms with van der Waals surface area (Å²) < 4.78 is 0. The summed E-state index contributed by atoms with van der Waals surface area (Å²) in [7, 11) is 0. The van der Waals surface area contributed by atoms with Crippen LogP contribution in [0.5, 0.6) is 0 Å². The van der Waals surface area contributed by atoms with Gasteiger partial charge in [0.25, 0.3) is 0 Å². The molecule has 96 valence electrons. The lowest BCUT2D eigenvalue weighted by molar-refractivity contribution is 0.589. The van der Waals surface area contributed by atoms with Gasteiger partial charge in [0.05, 0.1) is 17.2 Å². The van der Waals surface area contributed by atoms with Gasteiger partial charge in [-0.3, -0.25) is 0 Å². The predicted molar refractivity (Wildman–Crippen MR) is 77.9 cm³/mol. The maximum Gasteiger partial charge on any atom is 0.0795 e. The van der Waals surface area contributed by atoms with Crippen LogP contribution in [0.3, 0.4) is 0 Å². The first-order valence-corrected chi connectivity index (χ1v) is 7.14. The van der Waals surface area contributed by atoms with Crippen molar-refractivity contribution < 1.29 is 0 Å². The number of benzene rings is 1. The standard InChI is InChI=1S/C15H20N2S/c1-15(2,3)12-6-4-11(5-7-12)8-13(16)14-9-18-10-17-14/h4-7,9-10,13H,8,16H2,1-3H3. The van der Waals surface area contributed by atoms with Gasteiger partial charge in [-0.05, 0) is 23.0 Å². The van der Waals surface area contributed by atoms with Crippen molar-refractivity contribution in [3.63, 3.8) is 0 Å². The third kappa shape index (κ3) is 3.18. The second-order valence-electron chi connectivity index (χ2n) is 5.67. The van der Waals surface area contributed by atoms with Crippen molar-refractivity contribution in [3.8, 4) is 0 Å². The van der Waals surface area contributed by atoms with Crippen molar-refractivity contribution in [2.45, 2.75) is 38.6 Å². The van der Waals surface area contributed by atoms with Crippen LogP contribution >= 0.6 is 11.3 Å². The van der Waals surface area contributed by atoms with Crippen LogP contribution in [-0.2, 0) is 11.8 Å². The van der Waals surface area contributed by atoms with Crippen molar-refractivity contribution in [1.82, 2.24) is 4.98 Å². The van der Waals surface area contributed by atoms with Crippen LogP contribution in [0.1, 0.15) is 43.6 Å². The van der Waals surface area contributed by atoms with Gasteiger partial charge in [0.2, 0.25) is 0 Å². The first kappa shape index (κ1) is 13.2. The molecule has 3 heteroatoms. The van der Waals surface area contributed by atoms with Crippen molar-refractivity contribution in [3.05, 3.63) is 52.0 Å². The van der Waals surface area contributed by atoms with Crippen molar-refractivity contribution >= 4 is 11.3 Å². The van der Waals surface area contributed by atoms with E-state index in [2.05, 4.69) is 50.0 Å². The number of nitrogens with zero attached hydrogens (tertiary/aromatic N) is 1. The molecule has 1 unspecified atom stereocenters. The minimum absolute atomic E-state index is 0.00302. The SMILES string of the molecule is CC(C)(C)c1ccc(CC(N)c2cscn2)cc1. The Morgan fingerprint density at radius 1 is 1.22 bits per heavy atom. The zero-order valence-corrected chi connectivity index (χ0v) is 12.0. The van der Waals surface area contributed by atoms with Crippen LogP contribution in [0.15, 0.2) is 35.2 Å². The van der Waals surface area contributed by atoms with Gasteiger partial charge in [-0.2, -0.15) is 0 Å². The Morgan fingerprint density at radius 2 is 1.89 bits per heavy atom. The lowest BCUT2D eigenvalue weighted by atomic mass is 9.86. The highest BCUT2D eigenvalue weighted by Gasteiger charge is 2.14. The van der Waals surface area contributed by atoms with E-state index in [9.17, 15) is 0 Å². The highest BCUT2D eigenvalue weighted by Crippen LogP contribution is 2.23. The van der Waals surface area contributed by atoms with Gasteiger partial charge < -0.3 is 5.73 Å². The summed E-state index contributed by atoms with van der Waals surface area (Å²) in [6.45, 7) is 6.68. The minimum atomic E-state index is -0.00302. The Labute approximate surface area is 113 Å². The van der Waals surface area contributed by atoms with E-state index in [4.69, 9.17) is 5.73 Å². The fraction of sp³-hybridized carbons (Fsp3) is 0.400. The first-order chi connectivity index (χ1) is 8.47. The average Bonchev–Trinajstić information content (AvgIpc) is 2.82. The highest BCUT2D eigenvalue weighted by molar-refractivity contribution is 7.07. The Hall–Kier alpha value is -1.19. The second kappa shape index (κ2) is 5.21. The van der Waals surface area contributed by atoms with Crippen LogP contribution in [0, 0.1) is 0 Å². The zero-order chi connectivity index (χ0) is 13.2. The van der Waals surface area contributed by atoms with Gasteiger partial charge in [-0.1, -0.05) is 45.0 Å². The second-order valence-corrected chi connectivity index (χ2v) is 6.39. The van der Waals surface area contributed by atoms with Gasteiger partial charge in [0.15, 0.2) is 0 Å². The summed E-state index contributed by atoms with van der Waals surface area (Å²) in [6, 6.07) is 8.74. The molecule has 18 heavy (non-hydrogen) atoms. The lowest BCUT2D eigenvalue weighted by Crippen LogP contribution is -2.14. The van der Waals surface area contributed by atoms with Crippen molar-refractivity contribution in [1.29, 1.82) is 0 Å². The Balaban J connectivity index is 2.07. The fourth-order valence-corrected chi connectivity index (χ4v) is 2.52. The van der Waals surface area contributed by atoms with E-state index < -0.39 is 0 Å². The quantitative estimate of drug-likeness (QED) is 0.914. The summed E-state index contributed by atoms with van der Waals surface area (Å²) >= 11 is 1.59. The molecule has 0 saturated heterocycles. The van der Waals surface area contributed by atoms with E-state index in [-0.39, 0.29) is 11.5 Å². The molecule has 0 spiro atoms. The Kier molecular flexibility index (Phi) is 3.83. The predicted octanol–water partition coefficient (Wildman–Crippen LogP) is 3.68. The molecule has 0 fully saturated rings. The summed E-state index contributed by atoms with van der Waals surface area (Å²) in [6.07, 6.45) is 0.841. The molecule has 2 nitrogen and oxygen atoms in total. The molecule has 0 aliphatic heterocycles. The van der Waals surface area contributed by atoms with Crippen LogP contribution in [0.4, 0.5) is 0 Å². The van der Waals surface area contributed by atoms with E-state index in [1.165, 1.54) is 11.1 Å². The highest BCUT2D eigenvalue weighted by atomic mass is 32.1. The molecule has 0 aliphatic rings. The van der Waals surface area contributed by atoms with E-state index in [1.54, 1.807) is 11.3 Å². The molecule has 2 aromatic rings. The summed E-state index contributed by atoms with van der Waals surface area (Å²) in [4.78, 5) is 4.26. The number of nitrogens with two attached hydrogens (primary N) is 1. The average molecular weight is 260 g/mol. The summed E-state index contributed by atoms with van der Waals surface area (Å²) in [5.74, 6) is 0. The largest absolute Gasteiger partial charge is 0.322 e. The molecule has 1 aromatic heterocycles. The molecule has 0 saturated carbocycles. The van der Waals surface area contributed by atoms with Gasteiger partial charge in [-0.15, -0.1) is 11.3 Å². The smallest absolute Gasteiger partial charge is 0.0795 e. The Morgan fingerprint density at radius 3 is 2.39 bits per heavy atom. The molecule has 0 radical (unpaired) electrons. The molecule has 0 bridgehead atoms. The van der Waals surface area contributed by atoms with E-state index >= 15 is 0 Å².